The second kappa shape index (κ2) is 3.66. The van der Waals surface area contributed by atoms with Gasteiger partial charge in [-0.2, -0.15) is 0 Å². The molecule has 13 heavy (non-hydrogen) atoms. The summed E-state index contributed by atoms with van der Waals surface area (Å²) in [6.07, 6.45) is 0. The average molecular weight is 178 g/mol. The van der Waals surface area contributed by atoms with Crippen molar-refractivity contribution < 1.29 is 4.74 Å². The molecule has 0 bridgehead atoms. The van der Waals surface area contributed by atoms with Crippen LogP contribution in [0.3, 0.4) is 0 Å². The van der Waals surface area contributed by atoms with Gasteiger partial charge in [-0.1, -0.05) is 12.1 Å². The second-order valence-corrected chi connectivity index (χ2v) is 3.03. The largest absolute Gasteiger partial charge is 0.361 e. The van der Waals surface area contributed by atoms with Gasteiger partial charge in [0.2, 0.25) is 0 Å². The summed E-state index contributed by atoms with van der Waals surface area (Å²) in [4.78, 5) is 2.20. The molecule has 1 heterocycles. The van der Waals surface area contributed by atoms with Crippen molar-refractivity contribution in [3.63, 3.8) is 0 Å². The summed E-state index contributed by atoms with van der Waals surface area (Å²) >= 11 is 0. The molecule has 0 fully saturated rings. The number of hydrogen-bond acceptors (Lipinski definition) is 3. The van der Waals surface area contributed by atoms with Crippen LogP contribution >= 0.6 is 0 Å². The van der Waals surface area contributed by atoms with Gasteiger partial charge < -0.3 is 15.0 Å². The Morgan fingerprint density at radius 1 is 1.46 bits per heavy atom. The first kappa shape index (κ1) is 8.38. The molecule has 0 amide bonds. The van der Waals surface area contributed by atoms with Crippen molar-refractivity contribution in [2.75, 3.05) is 30.2 Å². The first-order valence-electron chi connectivity index (χ1n) is 4.57. The van der Waals surface area contributed by atoms with E-state index in [2.05, 4.69) is 35.3 Å². The zero-order valence-electron chi connectivity index (χ0n) is 7.79. The van der Waals surface area contributed by atoms with Gasteiger partial charge in [0.05, 0.1) is 11.4 Å². The van der Waals surface area contributed by atoms with Crippen LogP contribution in [0.5, 0.6) is 0 Å². The molecule has 1 N–H and O–H groups in total. The van der Waals surface area contributed by atoms with Crippen LogP contribution in [0.25, 0.3) is 0 Å². The van der Waals surface area contributed by atoms with Crippen LogP contribution in [-0.4, -0.2) is 20.0 Å². The van der Waals surface area contributed by atoms with Gasteiger partial charge >= 0.3 is 0 Å². The third kappa shape index (κ3) is 1.60. The molecule has 0 aliphatic carbocycles. The number of para-hydroxylation sites is 2. The summed E-state index contributed by atoms with van der Waals surface area (Å²) in [5.74, 6) is 0. The lowest BCUT2D eigenvalue weighted by molar-refractivity contribution is 0.156. The topological polar surface area (TPSA) is 24.5 Å². The molecule has 70 valence electrons. The molecule has 0 atom stereocenters. The van der Waals surface area contributed by atoms with E-state index in [-0.39, 0.29) is 0 Å². The average Bonchev–Trinajstić information content (AvgIpc) is 2.39. The second-order valence-electron chi connectivity index (χ2n) is 3.03. The van der Waals surface area contributed by atoms with Crippen molar-refractivity contribution >= 4 is 11.4 Å². The van der Waals surface area contributed by atoms with Crippen LogP contribution in [-0.2, 0) is 4.74 Å². The van der Waals surface area contributed by atoms with Gasteiger partial charge in [0.15, 0.2) is 0 Å². The SMILES string of the molecule is CCN1COCNc2ccccc21. The zero-order chi connectivity index (χ0) is 9.10. The van der Waals surface area contributed by atoms with Crippen LogP contribution in [0.2, 0.25) is 0 Å². The molecule has 0 saturated carbocycles. The lowest BCUT2D eigenvalue weighted by Crippen LogP contribution is -2.24. The van der Waals surface area contributed by atoms with Gasteiger partial charge in [0, 0.05) is 6.54 Å². The zero-order valence-corrected chi connectivity index (χ0v) is 7.79. The highest BCUT2D eigenvalue weighted by atomic mass is 16.5. The van der Waals surface area contributed by atoms with Crippen molar-refractivity contribution in [2.24, 2.45) is 0 Å². The van der Waals surface area contributed by atoms with E-state index in [4.69, 9.17) is 4.74 Å². The van der Waals surface area contributed by atoms with Gasteiger partial charge in [-0.25, -0.2) is 0 Å². The summed E-state index contributed by atoms with van der Waals surface area (Å²) in [6.45, 7) is 4.36. The molecular weight excluding hydrogens is 164 g/mol. The third-order valence-corrected chi connectivity index (χ3v) is 2.24. The fourth-order valence-corrected chi connectivity index (χ4v) is 1.51. The van der Waals surface area contributed by atoms with Crippen molar-refractivity contribution in [3.8, 4) is 0 Å². The number of benzene rings is 1. The molecule has 1 aliphatic heterocycles. The van der Waals surface area contributed by atoms with E-state index in [9.17, 15) is 0 Å². The normalized spacial score (nSPS) is 15.9. The molecular formula is C10H14N2O. The molecule has 3 heteroatoms. The maximum absolute atomic E-state index is 5.40. The Balaban J connectivity index is 2.35. The minimum absolute atomic E-state index is 0.591. The van der Waals surface area contributed by atoms with E-state index in [1.807, 2.05) is 6.07 Å². The highest BCUT2D eigenvalue weighted by Gasteiger charge is 2.11. The number of nitrogens with one attached hydrogen (secondary N) is 1. The molecule has 0 radical (unpaired) electrons. The van der Waals surface area contributed by atoms with Crippen LogP contribution < -0.4 is 10.2 Å². The van der Waals surface area contributed by atoms with Crippen LogP contribution in [0, 0.1) is 0 Å². The summed E-state index contributed by atoms with van der Waals surface area (Å²) in [7, 11) is 0. The number of ether oxygens (including phenoxy) is 1. The number of anilines is 2. The van der Waals surface area contributed by atoms with E-state index in [1.54, 1.807) is 0 Å². The first-order valence-corrected chi connectivity index (χ1v) is 4.57. The summed E-state index contributed by atoms with van der Waals surface area (Å²) < 4.78 is 5.40. The quantitative estimate of drug-likeness (QED) is 0.710. The van der Waals surface area contributed by atoms with Gasteiger partial charge in [0.25, 0.3) is 0 Å². The maximum atomic E-state index is 5.40. The summed E-state index contributed by atoms with van der Waals surface area (Å²) in [5.41, 5.74) is 2.38. The molecule has 0 aromatic heterocycles. The Morgan fingerprint density at radius 2 is 2.31 bits per heavy atom. The van der Waals surface area contributed by atoms with Crippen LogP contribution in [0.15, 0.2) is 24.3 Å². The van der Waals surface area contributed by atoms with Crippen LogP contribution in [0.4, 0.5) is 11.4 Å². The number of rotatable bonds is 1. The minimum Gasteiger partial charge on any atom is -0.361 e. The van der Waals surface area contributed by atoms with Crippen LogP contribution in [0.1, 0.15) is 6.92 Å². The Hall–Kier alpha value is -1.22. The summed E-state index contributed by atoms with van der Waals surface area (Å²) in [6, 6.07) is 8.27. The molecule has 1 aromatic rings. The standard InChI is InChI=1S/C10H14N2O/c1-2-12-8-13-7-11-9-5-3-4-6-10(9)12/h3-6,11H,2,7-8H2,1H3. The summed E-state index contributed by atoms with van der Waals surface area (Å²) in [5, 5.41) is 3.23. The Bertz CT molecular complexity index is 288. The van der Waals surface area contributed by atoms with E-state index in [0.717, 1.165) is 12.2 Å². The lowest BCUT2D eigenvalue weighted by Gasteiger charge is -2.21. The first-order chi connectivity index (χ1) is 6.42. The Kier molecular flexibility index (Phi) is 2.36. The predicted molar refractivity (Wildman–Crippen MR) is 53.9 cm³/mol. The van der Waals surface area contributed by atoms with E-state index in [1.165, 1.54) is 5.69 Å². The van der Waals surface area contributed by atoms with Gasteiger partial charge in [-0.15, -0.1) is 0 Å². The van der Waals surface area contributed by atoms with Crippen molar-refractivity contribution in [1.82, 2.24) is 0 Å². The van der Waals surface area contributed by atoms with E-state index >= 15 is 0 Å². The minimum atomic E-state index is 0.591. The van der Waals surface area contributed by atoms with Gasteiger partial charge in [-0.3, -0.25) is 0 Å². The lowest BCUT2D eigenvalue weighted by atomic mass is 10.2. The maximum Gasteiger partial charge on any atom is 0.121 e. The number of fused-ring (bicyclic) bond motifs is 1. The van der Waals surface area contributed by atoms with Crippen molar-refractivity contribution in [2.45, 2.75) is 6.92 Å². The van der Waals surface area contributed by atoms with Crippen molar-refractivity contribution in [3.05, 3.63) is 24.3 Å². The fourth-order valence-electron chi connectivity index (χ4n) is 1.51. The molecule has 3 nitrogen and oxygen atoms in total. The molecule has 0 saturated heterocycles. The Morgan fingerprint density at radius 3 is 3.15 bits per heavy atom. The third-order valence-electron chi connectivity index (χ3n) is 2.24. The predicted octanol–water partition coefficient (Wildman–Crippen LogP) is 1.87. The monoisotopic (exact) mass is 178 g/mol. The molecule has 1 aliphatic rings. The highest BCUT2D eigenvalue weighted by Crippen LogP contribution is 2.26. The smallest absolute Gasteiger partial charge is 0.121 e. The molecule has 1 aromatic carbocycles. The fraction of sp³-hybridized carbons (Fsp3) is 0.400. The molecule has 2 rings (SSSR count). The van der Waals surface area contributed by atoms with E-state index in [0.29, 0.717) is 13.5 Å². The van der Waals surface area contributed by atoms with Gasteiger partial charge in [0.1, 0.15) is 13.5 Å². The highest BCUT2D eigenvalue weighted by molar-refractivity contribution is 5.70. The molecule has 0 spiro atoms. The molecule has 0 unspecified atom stereocenters. The number of nitrogens with zero attached hydrogens (tertiary/aromatic N) is 1. The van der Waals surface area contributed by atoms with E-state index < -0.39 is 0 Å². The van der Waals surface area contributed by atoms with Gasteiger partial charge in [-0.05, 0) is 19.1 Å². The Labute approximate surface area is 78.3 Å². The number of hydrogen-bond donors (Lipinski definition) is 1. The van der Waals surface area contributed by atoms with Crippen molar-refractivity contribution in [1.29, 1.82) is 0 Å².